The zero-order chi connectivity index (χ0) is 13.8. The van der Waals surface area contributed by atoms with Crippen molar-refractivity contribution < 1.29 is 9.90 Å². The Morgan fingerprint density at radius 2 is 1.84 bits per heavy atom. The highest BCUT2D eigenvalue weighted by Crippen LogP contribution is 2.22. The van der Waals surface area contributed by atoms with Crippen molar-refractivity contribution in [3.63, 3.8) is 0 Å². The van der Waals surface area contributed by atoms with Gasteiger partial charge in [0.25, 0.3) is 5.91 Å². The molecule has 1 amide bonds. The SMILES string of the molecule is CN(C)c1cccc(C(=O)Nc2ccccc2O)c1. The Labute approximate surface area is 112 Å². The van der Waals surface area contributed by atoms with E-state index in [1.165, 1.54) is 6.07 Å². The van der Waals surface area contributed by atoms with Gasteiger partial charge in [0.2, 0.25) is 0 Å². The van der Waals surface area contributed by atoms with Crippen molar-refractivity contribution in [3.8, 4) is 5.75 Å². The molecule has 0 radical (unpaired) electrons. The molecule has 0 fully saturated rings. The molecule has 4 nitrogen and oxygen atoms in total. The number of hydrogen-bond acceptors (Lipinski definition) is 3. The summed E-state index contributed by atoms with van der Waals surface area (Å²) in [7, 11) is 3.83. The molecule has 2 aromatic rings. The monoisotopic (exact) mass is 256 g/mol. The lowest BCUT2D eigenvalue weighted by Gasteiger charge is -2.13. The number of nitrogens with zero attached hydrogens (tertiary/aromatic N) is 1. The Kier molecular flexibility index (Phi) is 3.71. The average Bonchev–Trinajstić information content (AvgIpc) is 2.41. The Hall–Kier alpha value is -2.49. The minimum Gasteiger partial charge on any atom is -0.506 e. The Bertz CT molecular complexity index is 594. The zero-order valence-corrected chi connectivity index (χ0v) is 10.9. The van der Waals surface area contributed by atoms with Gasteiger partial charge < -0.3 is 15.3 Å². The number of phenols is 1. The van der Waals surface area contributed by atoms with E-state index in [1.54, 1.807) is 30.3 Å². The first-order chi connectivity index (χ1) is 9.08. The van der Waals surface area contributed by atoms with E-state index >= 15 is 0 Å². The van der Waals surface area contributed by atoms with Gasteiger partial charge in [0.05, 0.1) is 5.69 Å². The Balaban J connectivity index is 2.21. The number of carbonyl (C=O) groups excluding carboxylic acids is 1. The fourth-order valence-corrected chi connectivity index (χ4v) is 1.70. The first-order valence-corrected chi connectivity index (χ1v) is 5.94. The largest absolute Gasteiger partial charge is 0.506 e. The van der Waals surface area contributed by atoms with Crippen LogP contribution in [0.5, 0.6) is 5.75 Å². The number of aromatic hydroxyl groups is 1. The van der Waals surface area contributed by atoms with Crippen molar-refractivity contribution in [1.82, 2.24) is 0 Å². The summed E-state index contributed by atoms with van der Waals surface area (Å²) >= 11 is 0. The van der Waals surface area contributed by atoms with Crippen LogP contribution in [0.2, 0.25) is 0 Å². The number of anilines is 2. The van der Waals surface area contributed by atoms with Gasteiger partial charge in [-0.3, -0.25) is 4.79 Å². The van der Waals surface area contributed by atoms with Gasteiger partial charge in [-0.05, 0) is 30.3 Å². The molecule has 0 heterocycles. The third-order valence-electron chi connectivity index (χ3n) is 2.78. The molecule has 2 aromatic carbocycles. The minimum atomic E-state index is -0.245. The molecule has 0 aliphatic heterocycles. The van der Waals surface area contributed by atoms with Crippen LogP contribution in [-0.4, -0.2) is 25.1 Å². The summed E-state index contributed by atoms with van der Waals surface area (Å²) in [5.41, 5.74) is 1.90. The number of benzene rings is 2. The van der Waals surface area contributed by atoms with Gasteiger partial charge in [-0.2, -0.15) is 0 Å². The van der Waals surface area contributed by atoms with E-state index in [1.807, 2.05) is 31.1 Å². The predicted molar refractivity (Wildman–Crippen MR) is 76.8 cm³/mol. The van der Waals surface area contributed by atoms with Gasteiger partial charge in [0.1, 0.15) is 5.75 Å². The third kappa shape index (κ3) is 3.04. The first kappa shape index (κ1) is 13.0. The standard InChI is InChI=1S/C15H16N2O2/c1-17(2)12-7-5-6-11(10-12)15(19)16-13-8-3-4-9-14(13)18/h3-10,18H,1-2H3,(H,16,19). The van der Waals surface area contributed by atoms with Crippen LogP contribution in [0.3, 0.4) is 0 Å². The van der Waals surface area contributed by atoms with Gasteiger partial charge in [0.15, 0.2) is 0 Å². The van der Waals surface area contributed by atoms with Crippen LogP contribution >= 0.6 is 0 Å². The molecule has 2 N–H and O–H groups in total. The number of rotatable bonds is 3. The maximum absolute atomic E-state index is 12.1. The topological polar surface area (TPSA) is 52.6 Å². The van der Waals surface area contributed by atoms with E-state index in [2.05, 4.69) is 5.32 Å². The van der Waals surface area contributed by atoms with Crippen molar-refractivity contribution in [2.24, 2.45) is 0 Å². The fraction of sp³-hybridized carbons (Fsp3) is 0.133. The second kappa shape index (κ2) is 5.44. The number of hydrogen-bond donors (Lipinski definition) is 2. The number of amides is 1. The molecule has 98 valence electrons. The lowest BCUT2D eigenvalue weighted by atomic mass is 10.1. The summed E-state index contributed by atoms with van der Waals surface area (Å²) < 4.78 is 0. The second-order valence-electron chi connectivity index (χ2n) is 4.42. The molecule has 0 spiro atoms. The van der Waals surface area contributed by atoms with Gasteiger partial charge in [-0.1, -0.05) is 18.2 Å². The van der Waals surface area contributed by atoms with Crippen LogP contribution in [0.4, 0.5) is 11.4 Å². The summed E-state index contributed by atoms with van der Waals surface area (Å²) in [4.78, 5) is 14.0. The Morgan fingerprint density at radius 3 is 2.53 bits per heavy atom. The molecule has 0 aliphatic rings. The van der Waals surface area contributed by atoms with Gasteiger partial charge in [0, 0.05) is 25.3 Å². The fourth-order valence-electron chi connectivity index (χ4n) is 1.70. The van der Waals surface area contributed by atoms with Crippen molar-refractivity contribution in [2.45, 2.75) is 0 Å². The average molecular weight is 256 g/mol. The smallest absolute Gasteiger partial charge is 0.255 e. The van der Waals surface area contributed by atoms with Gasteiger partial charge in [-0.15, -0.1) is 0 Å². The highest BCUT2D eigenvalue weighted by atomic mass is 16.3. The molecule has 19 heavy (non-hydrogen) atoms. The van der Waals surface area contributed by atoms with E-state index in [0.717, 1.165) is 5.69 Å². The normalized spacial score (nSPS) is 10.0. The molecular weight excluding hydrogens is 240 g/mol. The van der Waals surface area contributed by atoms with Crippen molar-refractivity contribution in [2.75, 3.05) is 24.3 Å². The van der Waals surface area contributed by atoms with Crippen LogP contribution in [0.1, 0.15) is 10.4 Å². The number of para-hydroxylation sites is 2. The van der Waals surface area contributed by atoms with Crippen LogP contribution in [0.15, 0.2) is 48.5 Å². The van der Waals surface area contributed by atoms with Crippen molar-refractivity contribution >= 4 is 17.3 Å². The molecule has 0 bridgehead atoms. The highest BCUT2D eigenvalue weighted by Gasteiger charge is 2.09. The molecule has 0 aromatic heterocycles. The summed E-state index contributed by atoms with van der Waals surface area (Å²) in [6.07, 6.45) is 0. The molecule has 2 rings (SSSR count). The summed E-state index contributed by atoms with van der Waals surface area (Å²) in [6, 6.07) is 13.9. The van der Waals surface area contributed by atoms with Crippen molar-refractivity contribution in [1.29, 1.82) is 0 Å². The van der Waals surface area contributed by atoms with E-state index in [-0.39, 0.29) is 11.7 Å². The van der Waals surface area contributed by atoms with Crippen molar-refractivity contribution in [3.05, 3.63) is 54.1 Å². The first-order valence-electron chi connectivity index (χ1n) is 5.94. The zero-order valence-electron chi connectivity index (χ0n) is 10.9. The second-order valence-corrected chi connectivity index (χ2v) is 4.42. The van der Waals surface area contributed by atoms with E-state index in [4.69, 9.17) is 0 Å². The van der Waals surface area contributed by atoms with Gasteiger partial charge >= 0.3 is 0 Å². The van der Waals surface area contributed by atoms with Crippen LogP contribution in [0, 0.1) is 0 Å². The van der Waals surface area contributed by atoms with Crippen LogP contribution in [0.25, 0.3) is 0 Å². The third-order valence-corrected chi connectivity index (χ3v) is 2.78. The molecule has 4 heteroatoms. The van der Waals surface area contributed by atoms with E-state index < -0.39 is 0 Å². The number of carbonyl (C=O) groups is 1. The summed E-state index contributed by atoms with van der Waals surface area (Å²) in [5.74, 6) is -0.190. The lowest BCUT2D eigenvalue weighted by Crippen LogP contribution is -2.14. The summed E-state index contributed by atoms with van der Waals surface area (Å²) in [5, 5.41) is 12.3. The lowest BCUT2D eigenvalue weighted by molar-refractivity contribution is 0.102. The molecular formula is C15H16N2O2. The number of phenolic OH excluding ortho intramolecular Hbond substituents is 1. The maximum Gasteiger partial charge on any atom is 0.255 e. The Morgan fingerprint density at radius 1 is 1.11 bits per heavy atom. The quantitative estimate of drug-likeness (QED) is 0.830. The highest BCUT2D eigenvalue weighted by molar-refractivity contribution is 6.05. The van der Waals surface area contributed by atoms with E-state index in [9.17, 15) is 9.90 Å². The number of nitrogens with one attached hydrogen (secondary N) is 1. The van der Waals surface area contributed by atoms with Gasteiger partial charge in [-0.25, -0.2) is 0 Å². The molecule has 0 atom stereocenters. The molecule has 0 saturated heterocycles. The van der Waals surface area contributed by atoms with E-state index in [0.29, 0.717) is 11.3 Å². The molecule has 0 aliphatic carbocycles. The predicted octanol–water partition coefficient (Wildman–Crippen LogP) is 2.71. The van der Waals surface area contributed by atoms with Crippen LogP contribution < -0.4 is 10.2 Å². The summed E-state index contributed by atoms with van der Waals surface area (Å²) in [6.45, 7) is 0. The molecule has 0 unspecified atom stereocenters. The van der Waals surface area contributed by atoms with Crippen LogP contribution in [-0.2, 0) is 0 Å². The maximum atomic E-state index is 12.1. The minimum absolute atomic E-state index is 0.0552. The molecule has 0 saturated carbocycles.